The van der Waals surface area contributed by atoms with Crippen LogP contribution in [0.5, 0.6) is 0 Å². The zero-order valence-corrected chi connectivity index (χ0v) is 19.8. The SMILES string of the molecule is CC(C)NS(=O)(=O)c1ccc(CCC(=O)NCc2ccc(S(=O)(=O)N(C)C)cc2)cc1. The van der Waals surface area contributed by atoms with Gasteiger partial charge in [0.2, 0.25) is 26.0 Å². The molecule has 0 aliphatic carbocycles. The Kier molecular flexibility index (Phi) is 8.35. The van der Waals surface area contributed by atoms with E-state index in [2.05, 4.69) is 10.0 Å². The number of nitrogens with one attached hydrogen (secondary N) is 2. The maximum absolute atomic E-state index is 12.1. The van der Waals surface area contributed by atoms with E-state index >= 15 is 0 Å². The third-order valence-corrected chi connectivity index (χ3v) is 7.96. The van der Waals surface area contributed by atoms with Crippen LogP contribution in [0.3, 0.4) is 0 Å². The number of carbonyl (C=O) groups is 1. The monoisotopic (exact) mass is 467 g/mol. The first-order chi connectivity index (χ1) is 14.4. The largest absolute Gasteiger partial charge is 0.352 e. The van der Waals surface area contributed by atoms with Gasteiger partial charge in [0.1, 0.15) is 0 Å². The fourth-order valence-electron chi connectivity index (χ4n) is 2.75. The van der Waals surface area contributed by atoms with E-state index in [-0.39, 0.29) is 28.2 Å². The van der Waals surface area contributed by atoms with Crippen LogP contribution in [-0.4, -0.2) is 47.2 Å². The van der Waals surface area contributed by atoms with Gasteiger partial charge < -0.3 is 5.32 Å². The minimum Gasteiger partial charge on any atom is -0.352 e. The molecule has 170 valence electrons. The molecule has 2 aromatic carbocycles. The van der Waals surface area contributed by atoms with Crippen molar-refractivity contribution in [1.82, 2.24) is 14.3 Å². The summed E-state index contributed by atoms with van der Waals surface area (Å²) in [6.07, 6.45) is 0.729. The van der Waals surface area contributed by atoms with Crippen molar-refractivity contribution in [1.29, 1.82) is 0 Å². The molecule has 0 saturated carbocycles. The number of sulfonamides is 2. The number of benzene rings is 2. The van der Waals surface area contributed by atoms with Gasteiger partial charge in [0.25, 0.3) is 0 Å². The molecule has 1 amide bonds. The average Bonchev–Trinajstić information content (AvgIpc) is 2.70. The summed E-state index contributed by atoms with van der Waals surface area (Å²) >= 11 is 0. The Morgan fingerprint density at radius 3 is 1.90 bits per heavy atom. The number of hydrogen-bond donors (Lipinski definition) is 2. The fourth-order valence-corrected chi connectivity index (χ4v) is 4.90. The molecule has 0 spiro atoms. The molecule has 10 heteroatoms. The zero-order valence-electron chi connectivity index (χ0n) is 18.1. The topological polar surface area (TPSA) is 113 Å². The van der Waals surface area contributed by atoms with Crippen molar-refractivity contribution in [3.63, 3.8) is 0 Å². The Bertz CT molecular complexity index is 1090. The molecule has 0 radical (unpaired) electrons. The number of amides is 1. The highest BCUT2D eigenvalue weighted by atomic mass is 32.2. The molecule has 0 heterocycles. The second kappa shape index (κ2) is 10.4. The van der Waals surface area contributed by atoms with Crippen LogP contribution in [0.2, 0.25) is 0 Å². The van der Waals surface area contributed by atoms with E-state index in [0.717, 1.165) is 15.4 Å². The highest BCUT2D eigenvalue weighted by molar-refractivity contribution is 7.89. The van der Waals surface area contributed by atoms with Gasteiger partial charge in [0.15, 0.2) is 0 Å². The molecule has 31 heavy (non-hydrogen) atoms. The van der Waals surface area contributed by atoms with Crippen molar-refractivity contribution in [2.45, 2.75) is 49.1 Å². The smallest absolute Gasteiger partial charge is 0.242 e. The van der Waals surface area contributed by atoms with E-state index in [1.165, 1.54) is 38.4 Å². The van der Waals surface area contributed by atoms with Gasteiger partial charge in [0.05, 0.1) is 9.79 Å². The Hall–Kier alpha value is -2.27. The second-order valence-electron chi connectivity index (χ2n) is 7.63. The Morgan fingerprint density at radius 2 is 1.39 bits per heavy atom. The van der Waals surface area contributed by atoms with Crippen LogP contribution in [0.4, 0.5) is 0 Å². The summed E-state index contributed by atoms with van der Waals surface area (Å²) in [7, 11) is -4.07. The quantitative estimate of drug-likeness (QED) is 0.554. The van der Waals surface area contributed by atoms with Crippen LogP contribution >= 0.6 is 0 Å². The van der Waals surface area contributed by atoms with Crippen LogP contribution < -0.4 is 10.0 Å². The van der Waals surface area contributed by atoms with Crippen molar-refractivity contribution in [3.05, 3.63) is 59.7 Å². The van der Waals surface area contributed by atoms with Gasteiger partial charge in [-0.1, -0.05) is 24.3 Å². The van der Waals surface area contributed by atoms with Crippen LogP contribution in [0.1, 0.15) is 31.4 Å². The summed E-state index contributed by atoms with van der Waals surface area (Å²) in [6, 6.07) is 12.6. The summed E-state index contributed by atoms with van der Waals surface area (Å²) in [5.74, 6) is -0.150. The lowest BCUT2D eigenvalue weighted by atomic mass is 10.1. The molecule has 0 saturated heterocycles. The van der Waals surface area contributed by atoms with Crippen molar-refractivity contribution in [2.75, 3.05) is 14.1 Å². The fraction of sp³-hybridized carbons (Fsp3) is 0.381. The molecule has 2 N–H and O–H groups in total. The number of nitrogens with zero attached hydrogens (tertiary/aromatic N) is 1. The second-order valence-corrected chi connectivity index (χ2v) is 11.5. The maximum Gasteiger partial charge on any atom is 0.242 e. The summed E-state index contributed by atoms with van der Waals surface area (Å²) in [4.78, 5) is 12.5. The van der Waals surface area contributed by atoms with E-state index < -0.39 is 20.0 Å². The first kappa shape index (κ1) is 25.0. The normalized spacial score (nSPS) is 12.3. The van der Waals surface area contributed by atoms with Gasteiger partial charge in [0, 0.05) is 33.1 Å². The summed E-state index contributed by atoms with van der Waals surface area (Å²) in [5, 5.41) is 2.80. The highest BCUT2D eigenvalue weighted by Crippen LogP contribution is 2.15. The minimum atomic E-state index is -3.53. The van der Waals surface area contributed by atoms with Gasteiger partial charge in [-0.2, -0.15) is 0 Å². The van der Waals surface area contributed by atoms with Gasteiger partial charge in [-0.15, -0.1) is 0 Å². The Morgan fingerprint density at radius 1 is 0.871 bits per heavy atom. The standard InChI is InChI=1S/C21H29N3O5S2/c1-16(2)23-30(26,27)19-10-5-17(6-11-19)9-14-21(25)22-15-18-7-12-20(13-8-18)31(28,29)24(3)4/h5-8,10-13,16,23H,9,14-15H2,1-4H3,(H,22,25). The van der Waals surface area contributed by atoms with E-state index in [9.17, 15) is 21.6 Å². The summed E-state index contributed by atoms with van der Waals surface area (Å²) < 4.78 is 52.1. The molecular formula is C21H29N3O5S2. The van der Waals surface area contributed by atoms with Gasteiger partial charge in [-0.25, -0.2) is 25.9 Å². The summed E-state index contributed by atoms with van der Waals surface area (Å²) in [6.45, 7) is 3.80. The lowest BCUT2D eigenvalue weighted by Gasteiger charge is -2.12. The lowest BCUT2D eigenvalue weighted by molar-refractivity contribution is -0.121. The van der Waals surface area contributed by atoms with E-state index in [1.54, 1.807) is 38.1 Å². The predicted molar refractivity (Wildman–Crippen MR) is 119 cm³/mol. The molecule has 2 aromatic rings. The number of hydrogen-bond acceptors (Lipinski definition) is 5. The minimum absolute atomic E-state index is 0.150. The van der Waals surface area contributed by atoms with Crippen LogP contribution in [-0.2, 0) is 37.8 Å². The maximum atomic E-state index is 12.1. The van der Waals surface area contributed by atoms with Crippen molar-refractivity contribution in [2.24, 2.45) is 0 Å². The third-order valence-electron chi connectivity index (χ3n) is 4.46. The van der Waals surface area contributed by atoms with E-state index in [0.29, 0.717) is 13.0 Å². The van der Waals surface area contributed by atoms with Crippen LogP contribution in [0.15, 0.2) is 58.3 Å². The molecule has 0 unspecified atom stereocenters. The molecule has 2 rings (SSSR count). The average molecular weight is 468 g/mol. The molecule has 0 aliphatic rings. The molecular weight excluding hydrogens is 438 g/mol. The van der Waals surface area contributed by atoms with Gasteiger partial charge in [-0.3, -0.25) is 4.79 Å². The number of aryl methyl sites for hydroxylation is 1. The predicted octanol–water partition coefficient (Wildman–Crippen LogP) is 1.87. The van der Waals surface area contributed by atoms with Crippen molar-refractivity contribution < 1.29 is 21.6 Å². The highest BCUT2D eigenvalue weighted by Gasteiger charge is 2.17. The Labute approximate surface area is 184 Å². The molecule has 0 aliphatic heterocycles. The molecule has 0 fully saturated rings. The van der Waals surface area contributed by atoms with Crippen LogP contribution in [0, 0.1) is 0 Å². The van der Waals surface area contributed by atoms with Crippen molar-refractivity contribution >= 4 is 26.0 Å². The first-order valence-electron chi connectivity index (χ1n) is 9.81. The lowest BCUT2D eigenvalue weighted by Crippen LogP contribution is -2.30. The molecule has 8 nitrogen and oxygen atoms in total. The Balaban J connectivity index is 1.86. The van der Waals surface area contributed by atoms with Crippen LogP contribution in [0.25, 0.3) is 0 Å². The zero-order chi connectivity index (χ0) is 23.2. The van der Waals surface area contributed by atoms with E-state index in [1.807, 2.05) is 0 Å². The molecule has 0 atom stereocenters. The number of carbonyl (C=O) groups excluding carboxylic acids is 1. The number of rotatable bonds is 10. The van der Waals surface area contributed by atoms with Gasteiger partial charge >= 0.3 is 0 Å². The third kappa shape index (κ3) is 7.13. The van der Waals surface area contributed by atoms with Gasteiger partial charge in [-0.05, 0) is 55.7 Å². The first-order valence-corrected chi connectivity index (χ1v) is 12.7. The summed E-state index contributed by atoms with van der Waals surface area (Å²) in [5.41, 5.74) is 1.65. The molecule has 0 bridgehead atoms. The molecule has 0 aromatic heterocycles. The van der Waals surface area contributed by atoms with Crippen molar-refractivity contribution in [3.8, 4) is 0 Å². The van der Waals surface area contributed by atoms with E-state index in [4.69, 9.17) is 0 Å².